The Bertz CT molecular complexity index is 635. The highest BCUT2D eigenvalue weighted by Crippen LogP contribution is 2.23. The average molecular weight is 266 g/mol. The van der Waals surface area contributed by atoms with Gasteiger partial charge in [-0.05, 0) is 32.0 Å². The molecule has 0 aliphatic heterocycles. The molecular formula is C13H12F2N2O2. The van der Waals surface area contributed by atoms with Gasteiger partial charge in [0.15, 0.2) is 5.82 Å². The Morgan fingerprint density at radius 1 is 1.32 bits per heavy atom. The van der Waals surface area contributed by atoms with Crippen molar-refractivity contribution in [1.82, 2.24) is 9.78 Å². The Kier molecular flexibility index (Phi) is 3.09. The fourth-order valence-corrected chi connectivity index (χ4v) is 1.57. The van der Waals surface area contributed by atoms with Crippen molar-refractivity contribution in [3.05, 3.63) is 47.8 Å². The molecule has 0 aliphatic carbocycles. The quantitative estimate of drug-likeness (QED) is 0.928. The Balaban J connectivity index is 2.44. The van der Waals surface area contributed by atoms with Crippen LogP contribution >= 0.6 is 0 Å². The van der Waals surface area contributed by atoms with Gasteiger partial charge in [0, 0.05) is 12.3 Å². The predicted molar refractivity (Wildman–Crippen MR) is 64.1 cm³/mol. The van der Waals surface area contributed by atoms with Crippen LogP contribution in [0.1, 0.15) is 19.5 Å². The molecule has 0 fully saturated rings. The lowest BCUT2D eigenvalue weighted by Gasteiger charge is -2.15. The second kappa shape index (κ2) is 4.46. The molecule has 0 aliphatic rings. The monoisotopic (exact) mass is 266 g/mol. The summed E-state index contributed by atoms with van der Waals surface area (Å²) >= 11 is 0. The number of aromatic nitrogens is 2. The van der Waals surface area contributed by atoms with Gasteiger partial charge < -0.3 is 5.11 Å². The number of hydrogen-bond acceptors (Lipinski definition) is 2. The topological polar surface area (TPSA) is 55.1 Å². The van der Waals surface area contributed by atoms with E-state index in [9.17, 15) is 13.6 Å². The van der Waals surface area contributed by atoms with Gasteiger partial charge in [-0.3, -0.25) is 4.79 Å². The van der Waals surface area contributed by atoms with E-state index in [-0.39, 0.29) is 5.69 Å². The molecule has 0 radical (unpaired) electrons. The van der Waals surface area contributed by atoms with Crippen LogP contribution in [0.4, 0.5) is 8.78 Å². The molecule has 0 bridgehead atoms. The summed E-state index contributed by atoms with van der Waals surface area (Å²) in [5.41, 5.74) is -0.820. The molecule has 2 aromatic rings. The van der Waals surface area contributed by atoms with Gasteiger partial charge in [-0.1, -0.05) is 0 Å². The Labute approximate surface area is 108 Å². The van der Waals surface area contributed by atoms with Crippen molar-refractivity contribution in [3.8, 4) is 5.69 Å². The van der Waals surface area contributed by atoms with Gasteiger partial charge in [0.1, 0.15) is 16.9 Å². The van der Waals surface area contributed by atoms with Crippen LogP contribution in [0, 0.1) is 11.6 Å². The molecule has 0 atom stereocenters. The number of benzene rings is 1. The summed E-state index contributed by atoms with van der Waals surface area (Å²) in [6.45, 7) is 3.01. The number of rotatable bonds is 3. The zero-order chi connectivity index (χ0) is 14.2. The largest absolute Gasteiger partial charge is 0.481 e. The van der Waals surface area contributed by atoms with E-state index in [4.69, 9.17) is 5.11 Å². The smallest absolute Gasteiger partial charge is 0.315 e. The van der Waals surface area contributed by atoms with Crippen molar-refractivity contribution in [2.75, 3.05) is 0 Å². The minimum atomic E-state index is -1.18. The molecule has 4 nitrogen and oxygen atoms in total. The van der Waals surface area contributed by atoms with Crippen molar-refractivity contribution >= 4 is 5.97 Å². The zero-order valence-electron chi connectivity index (χ0n) is 10.4. The van der Waals surface area contributed by atoms with E-state index in [1.165, 1.54) is 36.9 Å². The molecule has 100 valence electrons. The standard InChI is InChI=1S/C13H12F2N2O2/c1-13(2,12(18)19)11-5-6-17(16-11)10-4-3-8(14)7-9(10)15/h3-7H,1-2H3,(H,18,19). The first-order chi connectivity index (χ1) is 8.82. The molecule has 0 saturated carbocycles. The molecule has 0 amide bonds. The van der Waals surface area contributed by atoms with Crippen LogP contribution in [0.15, 0.2) is 30.5 Å². The molecule has 6 heteroatoms. The van der Waals surface area contributed by atoms with Crippen molar-refractivity contribution < 1.29 is 18.7 Å². The van der Waals surface area contributed by atoms with E-state index >= 15 is 0 Å². The van der Waals surface area contributed by atoms with Crippen LogP contribution in [0.3, 0.4) is 0 Å². The number of nitrogens with zero attached hydrogens (tertiary/aromatic N) is 2. The predicted octanol–water partition coefficient (Wildman–Crippen LogP) is 2.51. The van der Waals surface area contributed by atoms with E-state index in [0.29, 0.717) is 5.69 Å². The maximum atomic E-state index is 13.6. The van der Waals surface area contributed by atoms with Crippen LogP contribution in [-0.2, 0) is 10.2 Å². The van der Waals surface area contributed by atoms with Gasteiger partial charge in [0.05, 0.1) is 5.69 Å². The lowest BCUT2D eigenvalue weighted by Crippen LogP contribution is -2.29. The third-order valence-electron chi connectivity index (χ3n) is 2.92. The van der Waals surface area contributed by atoms with Crippen LogP contribution in [-0.4, -0.2) is 20.9 Å². The number of halogens is 2. The first-order valence-electron chi connectivity index (χ1n) is 5.57. The molecule has 0 spiro atoms. The molecule has 0 saturated heterocycles. The molecule has 1 aromatic heterocycles. The highest BCUT2D eigenvalue weighted by Gasteiger charge is 2.32. The molecule has 2 rings (SSSR count). The Morgan fingerprint density at radius 3 is 2.58 bits per heavy atom. The van der Waals surface area contributed by atoms with Gasteiger partial charge in [-0.2, -0.15) is 5.10 Å². The first-order valence-corrected chi connectivity index (χ1v) is 5.57. The SMILES string of the molecule is CC(C)(C(=O)O)c1ccn(-c2ccc(F)cc2F)n1. The summed E-state index contributed by atoms with van der Waals surface area (Å²) in [5, 5.41) is 13.1. The number of carbonyl (C=O) groups is 1. The molecular weight excluding hydrogens is 254 g/mol. The van der Waals surface area contributed by atoms with Crippen LogP contribution in [0.2, 0.25) is 0 Å². The van der Waals surface area contributed by atoms with E-state index in [0.717, 1.165) is 12.1 Å². The minimum Gasteiger partial charge on any atom is -0.481 e. The lowest BCUT2D eigenvalue weighted by molar-refractivity contribution is -0.142. The summed E-state index contributed by atoms with van der Waals surface area (Å²) in [7, 11) is 0. The van der Waals surface area contributed by atoms with E-state index in [2.05, 4.69) is 5.10 Å². The number of aliphatic carboxylic acids is 1. The average Bonchev–Trinajstić information content (AvgIpc) is 2.78. The molecule has 1 aromatic carbocycles. The molecule has 0 unspecified atom stereocenters. The van der Waals surface area contributed by atoms with Gasteiger partial charge >= 0.3 is 5.97 Å². The maximum absolute atomic E-state index is 13.6. The summed E-state index contributed by atoms with van der Waals surface area (Å²) < 4.78 is 27.6. The Hall–Kier alpha value is -2.24. The fourth-order valence-electron chi connectivity index (χ4n) is 1.57. The van der Waals surface area contributed by atoms with Crippen molar-refractivity contribution in [2.24, 2.45) is 0 Å². The van der Waals surface area contributed by atoms with E-state index in [1.807, 2.05) is 0 Å². The van der Waals surface area contributed by atoms with Crippen LogP contribution in [0.25, 0.3) is 5.69 Å². The van der Waals surface area contributed by atoms with Crippen LogP contribution in [0.5, 0.6) is 0 Å². The van der Waals surface area contributed by atoms with Gasteiger partial charge in [-0.25, -0.2) is 13.5 Å². The van der Waals surface area contributed by atoms with Crippen molar-refractivity contribution in [2.45, 2.75) is 19.3 Å². The maximum Gasteiger partial charge on any atom is 0.315 e. The summed E-state index contributed by atoms with van der Waals surface area (Å²) in [5.74, 6) is -2.47. The highest BCUT2D eigenvalue weighted by molar-refractivity contribution is 5.79. The van der Waals surface area contributed by atoms with E-state index in [1.54, 1.807) is 0 Å². The zero-order valence-corrected chi connectivity index (χ0v) is 10.4. The second-order valence-corrected chi connectivity index (χ2v) is 4.67. The summed E-state index contributed by atoms with van der Waals surface area (Å²) in [4.78, 5) is 11.1. The van der Waals surface area contributed by atoms with Gasteiger partial charge in [0.25, 0.3) is 0 Å². The number of carboxylic acid groups (broad SMARTS) is 1. The van der Waals surface area contributed by atoms with Crippen molar-refractivity contribution in [3.63, 3.8) is 0 Å². The van der Waals surface area contributed by atoms with Crippen LogP contribution < -0.4 is 0 Å². The number of carboxylic acids is 1. The second-order valence-electron chi connectivity index (χ2n) is 4.67. The normalized spacial score (nSPS) is 11.6. The van der Waals surface area contributed by atoms with Gasteiger partial charge in [0.2, 0.25) is 0 Å². The minimum absolute atomic E-state index is 0.0637. The first kappa shape index (κ1) is 13.2. The highest BCUT2D eigenvalue weighted by atomic mass is 19.1. The molecule has 1 N–H and O–H groups in total. The Morgan fingerprint density at radius 2 is 2.00 bits per heavy atom. The molecule has 19 heavy (non-hydrogen) atoms. The number of hydrogen-bond donors (Lipinski definition) is 1. The molecule has 1 heterocycles. The third kappa shape index (κ3) is 2.33. The lowest BCUT2D eigenvalue weighted by atomic mass is 9.90. The summed E-state index contributed by atoms with van der Waals surface area (Å²) in [6.07, 6.45) is 1.44. The van der Waals surface area contributed by atoms with Gasteiger partial charge in [-0.15, -0.1) is 0 Å². The van der Waals surface area contributed by atoms with E-state index < -0.39 is 23.0 Å². The third-order valence-corrected chi connectivity index (χ3v) is 2.92. The fraction of sp³-hybridized carbons (Fsp3) is 0.231. The van der Waals surface area contributed by atoms with Crippen molar-refractivity contribution in [1.29, 1.82) is 0 Å². The summed E-state index contributed by atoms with van der Waals surface area (Å²) in [6, 6.07) is 4.60.